The molecule has 6 aromatic heterocycles. The van der Waals surface area contributed by atoms with Gasteiger partial charge in [-0.25, -0.2) is 0 Å². The number of hydrogen-bond donors (Lipinski definition) is 0. The van der Waals surface area contributed by atoms with E-state index < -0.39 is 155 Å². The molecule has 0 N–H and O–H groups in total. The summed E-state index contributed by atoms with van der Waals surface area (Å²) < 4.78 is 197. The summed E-state index contributed by atoms with van der Waals surface area (Å²) in [6, 6.07) is 17.1. The molecule has 16 rings (SSSR count). The fourth-order valence-electron chi connectivity index (χ4n) is 10.5. The lowest BCUT2D eigenvalue weighted by Crippen LogP contribution is -2.12. The number of fused-ring (bicyclic) bond motifs is 16. The van der Waals surface area contributed by atoms with Crippen molar-refractivity contribution in [2.75, 3.05) is 0 Å². The Labute approximate surface area is 432 Å². The van der Waals surface area contributed by atoms with Gasteiger partial charge in [-0.05, 0) is 72.7 Å². The van der Waals surface area contributed by atoms with Crippen LogP contribution >= 0.6 is 0 Å². The minimum atomic E-state index is -0.784. The summed E-state index contributed by atoms with van der Waals surface area (Å²) in [5, 5.41) is 2.00. The second kappa shape index (κ2) is 14.4. The van der Waals surface area contributed by atoms with Gasteiger partial charge < -0.3 is 13.6 Å². The van der Waals surface area contributed by atoms with Gasteiger partial charge in [0, 0.05) is 48.5 Å². The monoisotopic (exact) mass is 927 g/mol. The molecular weight excluding hydrogens is 871 g/mol. The molecule has 0 unspecified atom stereocenters. The van der Waals surface area contributed by atoms with Crippen LogP contribution in [0.5, 0.6) is 0 Å². The molecule has 8 nitrogen and oxygen atoms in total. The van der Waals surface area contributed by atoms with Gasteiger partial charge in [0.25, 0.3) is 0 Å². The molecule has 71 heavy (non-hydrogen) atoms. The number of hydrogen-bond acceptors (Lipinski definition) is 4. The van der Waals surface area contributed by atoms with Crippen LogP contribution in [0.4, 0.5) is 0 Å². The molecule has 0 spiro atoms. The maximum atomic E-state index is 9.70. The number of rotatable bonds is 5. The molecule has 0 saturated carbocycles. The van der Waals surface area contributed by atoms with Gasteiger partial charge in [0.1, 0.15) is 11.2 Å². The van der Waals surface area contributed by atoms with Crippen molar-refractivity contribution in [1.82, 2.24) is 33.2 Å². The number of para-hydroxylation sites is 8. The van der Waals surface area contributed by atoms with E-state index in [-0.39, 0.29) is 55.4 Å². The fraction of sp³-hybridized carbons (Fsp3) is 0. The van der Waals surface area contributed by atoms with Crippen molar-refractivity contribution in [3.63, 3.8) is 0 Å². The normalized spacial score (nSPS) is 16.2. The Morgan fingerprint density at radius 1 is 0.324 bits per heavy atom. The van der Waals surface area contributed by atoms with Gasteiger partial charge in [-0.15, -0.1) is 0 Å². The zero-order chi connectivity index (χ0) is 63.7. The van der Waals surface area contributed by atoms with Crippen LogP contribution in [0, 0.1) is 0 Å². The lowest BCUT2D eigenvalue weighted by molar-refractivity contribution is 0.669. The lowest BCUT2D eigenvalue weighted by atomic mass is 10.1. The van der Waals surface area contributed by atoms with Gasteiger partial charge in [-0.3, -0.25) is 9.13 Å². The molecule has 0 atom stereocenters. The highest BCUT2D eigenvalue weighted by atomic mass is 16.3. The molecule has 16 aromatic rings. The number of furan rings is 1. The fourth-order valence-corrected chi connectivity index (χ4v) is 10.5. The first-order valence-electron chi connectivity index (χ1n) is 32.3. The quantitative estimate of drug-likeness (QED) is 0.172. The highest BCUT2D eigenvalue weighted by Crippen LogP contribution is 2.45. The van der Waals surface area contributed by atoms with E-state index in [9.17, 15) is 13.7 Å². The number of nitrogens with zero attached hydrogens (tertiary/aromatic N) is 7. The zero-order valence-electron chi connectivity index (χ0n) is 56.4. The summed E-state index contributed by atoms with van der Waals surface area (Å²) in [5.74, 6) is -1.68. The van der Waals surface area contributed by atoms with Gasteiger partial charge in [0.15, 0.2) is 5.82 Å². The van der Waals surface area contributed by atoms with E-state index in [1.54, 1.807) is 47.0 Å². The summed E-state index contributed by atoms with van der Waals surface area (Å²) in [7, 11) is 0. The van der Waals surface area contributed by atoms with Crippen molar-refractivity contribution >= 4 is 109 Å². The highest BCUT2D eigenvalue weighted by molar-refractivity contribution is 6.25. The number of aromatic nitrogens is 7. The lowest BCUT2D eigenvalue weighted by Gasteiger charge is -2.20. The third-order valence-electron chi connectivity index (χ3n) is 13.3. The predicted molar refractivity (Wildman–Crippen MR) is 290 cm³/mol. The molecule has 0 fully saturated rings. The first kappa shape index (κ1) is 24.0. The van der Waals surface area contributed by atoms with E-state index in [1.807, 2.05) is 65.2 Å². The predicted octanol–water partition coefficient (Wildman–Crippen LogP) is 15.8. The summed E-state index contributed by atoms with van der Waals surface area (Å²) in [5.41, 5.74) is 1.29. The number of benzene rings is 10. The maximum absolute atomic E-state index is 9.70. The zero-order valence-corrected chi connectivity index (χ0v) is 36.4. The second-order valence-electron chi connectivity index (χ2n) is 16.9. The summed E-state index contributed by atoms with van der Waals surface area (Å²) in [6.07, 6.45) is 0. The van der Waals surface area contributed by atoms with Crippen LogP contribution in [0.1, 0.15) is 27.4 Å². The van der Waals surface area contributed by atoms with Crippen LogP contribution in [-0.2, 0) is 0 Å². The van der Waals surface area contributed by atoms with Crippen molar-refractivity contribution in [2.24, 2.45) is 0 Å². The molecule has 0 aliphatic rings. The molecule has 6 heterocycles. The molecule has 330 valence electrons. The minimum absolute atomic E-state index is 0.00864. The van der Waals surface area contributed by atoms with E-state index in [0.717, 1.165) is 25.3 Å². The van der Waals surface area contributed by atoms with Crippen LogP contribution in [0.25, 0.3) is 144 Å². The van der Waals surface area contributed by atoms with E-state index in [1.165, 1.54) is 0 Å². The molecule has 10 aromatic carbocycles. The molecule has 0 bridgehead atoms. The van der Waals surface area contributed by atoms with Crippen LogP contribution < -0.4 is 0 Å². The first-order valence-corrected chi connectivity index (χ1v) is 22.3. The molecule has 8 heteroatoms. The van der Waals surface area contributed by atoms with Crippen LogP contribution in [-0.4, -0.2) is 33.2 Å². The van der Waals surface area contributed by atoms with Crippen molar-refractivity contribution in [3.05, 3.63) is 224 Å². The standard InChI is InChI=1S/C63H37N7O/c1-9-26-47-38(18-1)39-19-2-10-27-48(39)67(47)54-33-17-34-55(68-49-28-11-7-24-44(49)45-36-37-57-58(60(45)68)46-25-8-16-35-56(46)71-57)59(54)61-64-62(69-50-29-12-3-20-40(50)41-21-4-13-30-51(41)69)66-63(65-61)70-52-31-14-5-22-42(52)43-23-6-15-32-53(43)70/h1-37H/i1D,3D,4D,5D,6D,9D,12D,13D,14D,15D,18D,20D,21D,22D,23D,26D,29D,30D,31D,32D. The maximum Gasteiger partial charge on any atom is 0.240 e. The summed E-state index contributed by atoms with van der Waals surface area (Å²) >= 11 is 0. The van der Waals surface area contributed by atoms with E-state index in [2.05, 4.69) is 0 Å². The Bertz CT molecular complexity index is 5790. The molecule has 0 saturated heterocycles. The molecule has 0 radical (unpaired) electrons. The van der Waals surface area contributed by atoms with Crippen molar-refractivity contribution in [2.45, 2.75) is 0 Å². The summed E-state index contributed by atoms with van der Waals surface area (Å²) in [6.45, 7) is 0. The third kappa shape index (κ3) is 5.25. The van der Waals surface area contributed by atoms with Crippen LogP contribution in [0.3, 0.4) is 0 Å². The average molecular weight is 928 g/mol. The van der Waals surface area contributed by atoms with Crippen LogP contribution in [0.15, 0.2) is 228 Å². The Morgan fingerprint density at radius 3 is 1.32 bits per heavy atom. The SMILES string of the molecule is [2H]c1c([2H])c([2H])c2c(c1[2H])c1ccccc1n2-c1cccc(-n2c3ccccc3c3ccc4oc5ccccc5c4c32)c1-c1nc(-n2c3c([2H])c([2H])c([2H])c([2H])c3c3c([2H])c([2H])c([2H])c([2H])c32)nc(-n2c3c([2H])c([2H])c([2H])c([2H])c3c3c([2H])c([2H])c([2H])c([2H])c32)n1. The minimum Gasteiger partial charge on any atom is -0.456 e. The molecule has 0 aliphatic heterocycles. The summed E-state index contributed by atoms with van der Waals surface area (Å²) in [4.78, 5) is 15.5. The van der Waals surface area contributed by atoms with Gasteiger partial charge in [-0.2, -0.15) is 15.0 Å². The Hall–Kier alpha value is -9.79. The Morgan fingerprint density at radius 2 is 0.761 bits per heavy atom. The second-order valence-corrected chi connectivity index (χ2v) is 16.9. The molecule has 0 aliphatic carbocycles. The highest BCUT2D eigenvalue weighted by Gasteiger charge is 2.28. The van der Waals surface area contributed by atoms with Gasteiger partial charge in [0.05, 0.1) is 93.9 Å². The largest absolute Gasteiger partial charge is 0.456 e. The van der Waals surface area contributed by atoms with Crippen molar-refractivity contribution in [3.8, 4) is 34.7 Å². The van der Waals surface area contributed by atoms with Crippen molar-refractivity contribution in [1.29, 1.82) is 0 Å². The van der Waals surface area contributed by atoms with Gasteiger partial charge in [-0.1, -0.05) is 151 Å². The molecule has 0 amide bonds. The average Bonchev–Trinajstić information content (AvgIpc) is 1.57. The van der Waals surface area contributed by atoms with Gasteiger partial charge in [0.2, 0.25) is 11.9 Å². The van der Waals surface area contributed by atoms with E-state index in [0.29, 0.717) is 38.5 Å². The first-order chi connectivity index (χ1) is 43.6. The van der Waals surface area contributed by atoms with Gasteiger partial charge >= 0.3 is 0 Å². The Kier molecular flexibility index (Phi) is 4.85. The molecular formula is C63H37N7O. The smallest absolute Gasteiger partial charge is 0.240 e. The topological polar surface area (TPSA) is 71.5 Å². The van der Waals surface area contributed by atoms with Crippen LogP contribution in [0.2, 0.25) is 0 Å². The van der Waals surface area contributed by atoms with E-state index >= 15 is 0 Å². The van der Waals surface area contributed by atoms with E-state index in [4.69, 9.17) is 33.1 Å². The third-order valence-corrected chi connectivity index (χ3v) is 13.3. The van der Waals surface area contributed by atoms with Crippen molar-refractivity contribution < 1.29 is 31.8 Å². The Balaban J connectivity index is 1.20.